The zero-order valence-electron chi connectivity index (χ0n) is 19.1. The Labute approximate surface area is 206 Å². The number of hydrogen-bond acceptors (Lipinski definition) is 5. The Morgan fingerprint density at radius 3 is 2.49 bits per heavy atom. The maximum atomic E-state index is 10.6. The number of nitrogens with zero attached hydrogens (tertiary/aromatic N) is 5. The van der Waals surface area contributed by atoms with Crippen LogP contribution in [0.3, 0.4) is 0 Å². The van der Waals surface area contributed by atoms with Crippen LogP contribution < -0.4 is 4.90 Å². The normalized spacial score (nSPS) is 19.0. The fraction of sp³-hybridized carbons (Fsp3) is 0.458. The average molecular weight is 510 g/mol. The molecule has 2 aromatic heterocycles. The summed E-state index contributed by atoms with van der Waals surface area (Å²) in [5, 5.41) is 12.8. The smallest absolute Gasteiger partial charge is 0.475 e. The van der Waals surface area contributed by atoms with Crippen LogP contribution >= 0.6 is 11.6 Å². The summed E-state index contributed by atoms with van der Waals surface area (Å²) < 4.78 is 33.7. The van der Waals surface area contributed by atoms with Gasteiger partial charge in [0.2, 0.25) is 0 Å². The van der Waals surface area contributed by atoms with E-state index in [1.165, 1.54) is 30.5 Å². The van der Waals surface area contributed by atoms with Gasteiger partial charge >= 0.3 is 12.1 Å². The highest BCUT2D eigenvalue weighted by Crippen LogP contribution is 2.28. The molecule has 11 heteroatoms. The summed E-state index contributed by atoms with van der Waals surface area (Å²) in [6.45, 7) is 5.28. The van der Waals surface area contributed by atoms with Crippen molar-refractivity contribution >= 4 is 28.9 Å². The molecule has 0 aliphatic carbocycles. The fourth-order valence-corrected chi connectivity index (χ4v) is 4.70. The van der Waals surface area contributed by atoms with Crippen molar-refractivity contribution in [2.45, 2.75) is 44.3 Å². The minimum Gasteiger partial charge on any atom is -0.475 e. The quantitative estimate of drug-likeness (QED) is 0.534. The Bertz CT molecular complexity index is 1160. The number of aliphatic carboxylic acids is 1. The van der Waals surface area contributed by atoms with Crippen LogP contribution in [0.2, 0.25) is 5.02 Å². The van der Waals surface area contributed by atoms with E-state index in [1.807, 2.05) is 16.6 Å². The standard InChI is InChI=1S/C22H26ClN5.C2HF3O2/c23-20-8-2-1-6-17(20)14-26-11-5-7-18(15-26)22-24-21-10-9-19(16-28(21)25-22)27-12-3-4-13-27;3-2(4,5)1(6)7/h1-2,6,8-10,16,18H,3-5,7,11-15H2;(H,6,7). The van der Waals surface area contributed by atoms with Gasteiger partial charge in [-0.25, -0.2) is 14.3 Å². The minimum atomic E-state index is -5.08. The zero-order chi connectivity index (χ0) is 25.0. The van der Waals surface area contributed by atoms with Crippen LogP contribution in [0.1, 0.15) is 43.0 Å². The van der Waals surface area contributed by atoms with E-state index in [9.17, 15) is 13.2 Å². The third kappa shape index (κ3) is 6.43. The summed E-state index contributed by atoms with van der Waals surface area (Å²) in [5.41, 5.74) is 3.40. The highest BCUT2D eigenvalue weighted by molar-refractivity contribution is 6.31. The van der Waals surface area contributed by atoms with E-state index in [0.717, 1.165) is 55.6 Å². The van der Waals surface area contributed by atoms with Crippen molar-refractivity contribution in [1.29, 1.82) is 0 Å². The van der Waals surface area contributed by atoms with E-state index >= 15 is 0 Å². The van der Waals surface area contributed by atoms with E-state index in [2.05, 4.69) is 40.3 Å². The number of benzene rings is 1. The van der Waals surface area contributed by atoms with Crippen molar-refractivity contribution in [3.8, 4) is 0 Å². The Morgan fingerprint density at radius 2 is 1.80 bits per heavy atom. The number of fused-ring (bicyclic) bond motifs is 1. The maximum absolute atomic E-state index is 10.6. The van der Waals surface area contributed by atoms with Crippen LogP contribution in [0.5, 0.6) is 0 Å². The first kappa shape index (κ1) is 25.2. The Kier molecular flexibility index (Phi) is 7.81. The van der Waals surface area contributed by atoms with E-state index < -0.39 is 12.1 Å². The highest BCUT2D eigenvalue weighted by Gasteiger charge is 2.38. The zero-order valence-corrected chi connectivity index (χ0v) is 19.8. The number of anilines is 1. The van der Waals surface area contributed by atoms with Crippen LogP contribution in [0.25, 0.3) is 5.65 Å². The van der Waals surface area contributed by atoms with Gasteiger partial charge in [0.05, 0.1) is 11.9 Å². The van der Waals surface area contributed by atoms with Crippen molar-refractivity contribution in [1.82, 2.24) is 19.5 Å². The molecule has 35 heavy (non-hydrogen) atoms. The summed E-state index contributed by atoms with van der Waals surface area (Å²) in [5.74, 6) is -1.40. The van der Waals surface area contributed by atoms with Crippen molar-refractivity contribution in [2.24, 2.45) is 0 Å². The van der Waals surface area contributed by atoms with Crippen molar-refractivity contribution in [3.05, 3.63) is 59.0 Å². The first-order chi connectivity index (χ1) is 16.7. The van der Waals surface area contributed by atoms with Crippen LogP contribution in [0.4, 0.5) is 18.9 Å². The second-order valence-electron chi connectivity index (χ2n) is 8.82. The monoisotopic (exact) mass is 509 g/mol. The number of alkyl halides is 3. The molecule has 4 heterocycles. The number of pyridine rings is 1. The lowest BCUT2D eigenvalue weighted by Crippen LogP contribution is -2.34. The van der Waals surface area contributed by atoms with Gasteiger partial charge in [0.1, 0.15) is 0 Å². The molecule has 188 valence electrons. The summed E-state index contributed by atoms with van der Waals surface area (Å²) in [6.07, 6.45) is 1.94. The summed E-state index contributed by atoms with van der Waals surface area (Å²) >= 11 is 6.36. The van der Waals surface area contributed by atoms with Crippen molar-refractivity contribution in [2.75, 3.05) is 31.1 Å². The lowest BCUT2D eigenvalue weighted by atomic mass is 9.97. The summed E-state index contributed by atoms with van der Waals surface area (Å²) in [4.78, 5) is 18.7. The number of piperidine rings is 1. The van der Waals surface area contributed by atoms with Gasteiger partial charge in [-0.15, -0.1) is 0 Å². The number of carboxylic acids is 1. The summed E-state index contributed by atoms with van der Waals surface area (Å²) in [7, 11) is 0. The molecule has 0 saturated carbocycles. The predicted octanol–water partition coefficient (Wildman–Crippen LogP) is 5.00. The van der Waals surface area contributed by atoms with Crippen LogP contribution in [0, 0.1) is 0 Å². The molecule has 2 fully saturated rings. The molecular weight excluding hydrogens is 483 g/mol. The van der Waals surface area contributed by atoms with Crippen molar-refractivity contribution in [3.63, 3.8) is 0 Å². The predicted molar refractivity (Wildman–Crippen MR) is 127 cm³/mol. The number of halogens is 4. The largest absolute Gasteiger partial charge is 0.490 e. The lowest BCUT2D eigenvalue weighted by Gasteiger charge is -2.31. The molecule has 1 N–H and O–H groups in total. The molecule has 1 atom stereocenters. The van der Waals surface area contributed by atoms with E-state index in [0.29, 0.717) is 5.92 Å². The fourth-order valence-electron chi connectivity index (χ4n) is 4.50. The van der Waals surface area contributed by atoms with Gasteiger partial charge < -0.3 is 10.0 Å². The van der Waals surface area contributed by atoms with Gasteiger partial charge in [-0.05, 0) is 56.0 Å². The first-order valence-corrected chi connectivity index (χ1v) is 12.0. The molecule has 2 saturated heterocycles. The third-order valence-electron chi connectivity index (χ3n) is 6.27. The van der Waals surface area contributed by atoms with E-state index in [-0.39, 0.29) is 0 Å². The second-order valence-corrected chi connectivity index (χ2v) is 9.23. The molecule has 3 aromatic rings. The van der Waals surface area contributed by atoms with E-state index in [1.54, 1.807) is 0 Å². The number of carbonyl (C=O) groups is 1. The van der Waals surface area contributed by atoms with Crippen LogP contribution in [-0.4, -0.2) is 62.9 Å². The molecule has 0 bridgehead atoms. The molecule has 0 amide bonds. The number of aromatic nitrogens is 3. The topological polar surface area (TPSA) is 74.0 Å². The number of hydrogen-bond donors (Lipinski definition) is 1. The van der Waals surface area contributed by atoms with Gasteiger partial charge in [0.25, 0.3) is 0 Å². The Balaban J connectivity index is 0.000000364. The van der Waals surface area contributed by atoms with Crippen molar-refractivity contribution < 1.29 is 23.1 Å². The van der Waals surface area contributed by atoms with Gasteiger partial charge in [0, 0.05) is 37.1 Å². The molecule has 1 aromatic carbocycles. The number of likely N-dealkylation sites (tertiary alicyclic amines) is 1. The first-order valence-electron chi connectivity index (χ1n) is 11.6. The lowest BCUT2D eigenvalue weighted by molar-refractivity contribution is -0.192. The molecular formula is C24H27ClF3N5O2. The molecule has 0 radical (unpaired) electrons. The summed E-state index contributed by atoms with van der Waals surface area (Å²) in [6, 6.07) is 12.4. The van der Waals surface area contributed by atoms with Gasteiger partial charge in [-0.2, -0.15) is 18.3 Å². The minimum absolute atomic E-state index is 0.381. The van der Waals surface area contributed by atoms with Gasteiger partial charge in [-0.3, -0.25) is 4.90 Å². The maximum Gasteiger partial charge on any atom is 0.490 e. The van der Waals surface area contributed by atoms with Gasteiger partial charge in [0.15, 0.2) is 11.5 Å². The molecule has 2 aliphatic rings. The molecule has 2 aliphatic heterocycles. The second kappa shape index (κ2) is 10.8. The SMILES string of the molecule is Clc1ccccc1CN1CCCC(c2nc3ccc(N4CCCC4)cn3n2)C1.O=C(O)C(F)(F)F. The number of carboxylic acid groups (broad SMARTS) is 1. The molecule has 1 unspecified atom stereocenters. The molecule has 5 rings (SSSR count). The molecule has 0 spiro atoms. The van der Waals surface area contributed by atoms with Crippen LogP contribution in [0.15, 0.2) is 42.6 Å². The Hall–Kier alpha value is -2.85. The Morgan fingerprint density at radius 1 is 1.09 bits per heavy atom. The molecule has 7 nitrogen and oxygen atoms in total. The number of rotatable bonds is 4. The van der Waals surface area contributed by atoms with Gasteiger partial charge in [-0.1, -0.05) is 29.8 Å². The average Bonchev–Trinajstić information content (AvgIpc) is 3.50. The van der Waals surface area contributed by atoms with Crippen LogP contribution in [-0.2, 0) is 11.3 Å². The highest BCUT2D eigenvalue weighted by atomic mass is 35.5. The third-order valence-corrected chi connectivity index (χ3v) is 6.64. The van der Waals surface area contributed by atoms with E-state index in [4.69, 9.17) is 31.6 Å².